The lowest BCUT2D eigenvalue weighted by Crippen LogP contribution is -2.53. The first-order valence-electron chi connectivity index (χ1n) is 10.9. The predicted molar refractivity (Wildman–Crippen MR) is 120 cm³/mol. The molecule has 1 atom stereocenters. The Morgan fingerprint density at radius 3 is 2.16 bits per heavy atom. The Kier molecular flexibility index (Phi) is 8.14. The molecule has 7 heteroatoms. The maximum absolute atomic E-state index is 13.4. The number of piperazine rings is 1. The van der Waals surface area contributed by atoms with Crippen LogP contribution in [0.1, 0.15) is 25.5 Å². The molecule has 6 nitrogen and oxygen atoms in total. The molecule has 0 saturated carbocycles. The molecule has 1 fully saturated rings. The molecule has 3 rings (SSSR count). The molecule has 0 aromatic heterocycles. The minimum absolute atomic E-state index is 0.116. The van der Waals surface area contributed by atoms with Gasteiger partial charge in [-0.15, -0.1) is 0 Å². The second kappa shape index (κ2) is 11.0. The van der Waals surface area contributed by atoms with Gasteiger partial charge in [-0.2, -0.15) is 0 Å². The fraction of sp³-hybridized carbons (Fsp3) is 0.417. The van der Waals surface area contributed by atoms with Crippen LogP contribution in [0.2, 0.25) is 0 Å². The SMILES string of the molecule is CCN(CC)C(C(=O)N1CCN(CC(=O)Nc2ccc(F)cc2)CC1)c1ccccc1. The Hall–Kier alpha value is -2.77. The topological polar surface area (TPSA) is 55.9 Å². The normalized spacial score (nSPS) is 15.7. The number of hydrogen-bond acceptors (Lipinski definition) is 4. The average molecular weight is 427 g/mol. The predicted octanol–water partition coefficient (Wildman–Crippen LogP) is 2.99. The number of anilines is 1. The summed E-state index contributed by atoms with van der Waals surface area (Å²) in [6.07, 6.45) is 0. The molecule has 1 aliphatic heterocycles. The quantitative estimate of drug-likeness (QED) is 0.705. The summed E-state index contributed by atoms with van der Waals surface area (Å²) in [5, 5.41) is 2.79. The molecule has 2 amide bonds. The van der Waals surface area contributed by atoms with E-state index >= 15 is 0 Å². The van der Waals surface area contributed by atoms with Crippen LogP contribution in [0.15, 0.2) is 54.6 Å². The van der Waals surface area contributed by atoms with Gasteiger partial charge in [-0.1, -0.05) is 44.2 Å². The van der Waals surface area contributed by atoms with Gasteiger partial charge in [0.05, 0.1) is 6.54 Å². The van der Waals surface area contributed by atoms with Gasteiger partial charge in [0.15, 0.2) is 0 Å². The zero-order chi connectivity index (χ0) is 22.2. The zero-order valence-corrected chi connectivity index (χ0v) is 18.3. The van der Waals surface area contributed by atoms with Crippen LogP contribution < -0.4 is 5.32 Å². The van der Waals surface area contributed by atoms with Gasteiger partial charge >= 0.3 is 0 Å². The van der Waals surface area contributed by atoms with Crippen molar-refractivity contribution in [2.75, 3.05) is 51.1 Å². The second-order valence-corrected chi connectivity index (χ2v) is 7.69. The molecule has 166 valence electrons. The van der Waals surface area contributed by atoms with Gasteiger partial charge in [0.1, 0.15) is 11.9 Å². The van der Waals surface area contributed by atoms with Crippen molar-refractivity contribution in [3.8, 4) is 0 Å². The van der Waals surface area contributed by atoms with Crippen molar-refractivity contribution < 1.29 is 14.0 Å². The molecule has 1 saturated heterocycles. The van der Waals surface area contributed by atoms with Crippen molar-refractivity contribution in [1.82, 2.24) is 14.7 Å². The average Bonchev–Trinajstić information content (AvgIpc) is 2.79. The molecular formula is C24H31FN4O2. The molecule has 2 aromatic carbocycles. The number of likely N-dealkylation sites (N-methyl/N-ethyl adjacent to an activating group) is 1. The lowest BCUT2D eigenvalue weighted by atomic mass is 10.0. The summed E-state index contributed by atoms with van der Waals surface area (Å²) in [7, 11) is 0. The van der Waals surface area contributed by atoms with Gasteiger partial charge in [0.25, 0.3) is 0 Å². The van der Waals surface area contributed by atoms with E-state index in [1.807, 2.05) is 40.1 Å². The first-order chi connectivity index (χ1) is 15.0. The molecule has 1 heterocycles. The lowest BCUT2D eigenvalue weighted by Gasteiger charge is -2.38. The first-order valence-corrected chi connectivity index (χ1v) is 10.9. The van der Waals surface area contributed by atoms with Gasteiger partial charge in [-0.25, -0.2) is 4.39 Å². The largest absolute Gasteiger partial charge is 0.338 e. The number of halogens is 1. The van der Waals surface area contributed by atoms with E-state index in [9.17, 15) is 14.0 Å². The Morgan fingerprint density at radius 2 is 1.58 bits per heavy atom. The number of amides is 2. The minimum atomic E-state index is -0.336. The summed E-state index contributed by atoms with van der Waals surface area (Å²) >= 11 is 0. The van der Waals surface area contributed by atoms with Crippen LogP contribution in [0, 0.1) is 5.82 Å². The van der Waals surface area contributed by atoms with E-state index in [2.05, 4.69) is 24.1 Å². The summed E-state index contributed by atoms with van der Waals surface area (Å²) in [6.45, 7) is 8.45. The van der Waals surface area contributed by atoms with E-state index in [1.54, 1.807) is 12.1 Å². The van der Waals surface area contributed by atoms with Crippen molar-refractivity contribution in [2.45, 2.75) is 19.9 Å². The molecule has 0 aliphatic carbocycles. The fourth-order valence-electron chi connectivity index (χ4n) is 3.97. The third kappa shape index (κ3) is 6.12. The van der Waals surface area contributed by atoms with Crippen molar-refractivity contribution in [1.29, 1.82) is 0 Å². The highest BCUT2D eigenvalue weighted by atomic mass is 19.1. The smallest absolute Gasteiger partial charge is 0.244 e. The van der Waals surface area contributed by atoms with Crippen LogP contribution in [-0.2, 0) is 9.59 Å². The number of hydrogen-bond donors (Lipinski definition) is 1. The summed E-state index contributed by atoms with van der Waals surface area (Å²) < 4.78 is 13.0. The van der Waals surface area contributed by atoms with Crippen LogP contribution in [0.4, 0.5) is 10.1 Å². The van der Waals surface area contributed by atoms with Crippen LogP contribution in [-0.4, -0.2) is 72.3 Å². The summed E-state index contributed by atoms with van der Waals surface area (Å²) in [4.78, 5) is 31.8. The summed E-state index contributed by atoms with van der Waals surface area (Å²) in [5.41, 5.74) is 1.59. The van der Waals surface area contributed by atoms with Crippen LogP contribution in [0.25, 0.3) is 0 Å². The Labute approximate surface area is 183 Å². The molecule has 2 aromatic rings. The third-order valence-electron chi connectivity index (χ3n) is 5.71. The number of nitrogens with one attached hydrogen (secondary N) is 1. The molecule has 1 N–H and O–H groups in total. The highest BCUT2D eigenvalue weighted by Crippen LogP contribution is 2.23. The second-order valence-electron chi connectivity index (χ2n) is 7.69. The van der Waals surface area contributed by atoms with Gasteiger partial charge in [0, 0.05) is 31.9 Å². The third-order valence-corrected chi connectivity index (χ3v) is 5.71. The number of carbonyl (C=O) groups excluding carboxylic acids is 2. The lowest BCUT2D eigenvalue weighted by molar-refractivity contribution is -0.139. The molecule has 31 heavy (non-hydrogen) atoms. The maximum atomic E-state index is 13.4. The zero-order valence-electron chi connectivity index (χ0n) is 18.3. The van der Waals surface area contributed by atoms with Crippen LogP contribution >= 0.6 is 0 Å². The molecule has 0 spiro atoms. The van der Waals surface area contributed by atoms with Gasteiger partial charge in [0.2, 0.25) is 11.8 Å². The first kappa shape index (κ1) is 22.9. The summed E-state index contributed by atoms with van der Waals surface area (Å²) in [6, 6.07) is 15.4. The Morgan fingerprint density at radius 1 is 0.968 bits per heavy atom. The monoisotopic (exact) mass is 426 g/mol. The molecule has 1 unspecified atom stereocenters. The van der Waals surface area contributed by atoms with Gasteiger partial charge < -0.3 is 10.2 Å². The number of carbonyl (C=O) groups is 2. The molecule has 0 radical (unpaired) electrons. The summed E-state index contributed by atoms with van der Waals surface area (Å²) in [5.74, 6) is -0.362. The Bertz CT molecular complexity index is 848. The van der Waals surface area contributed by atoms with Gasteiger partial charge in [-0.05, 0) is 42.9 Å². The van der Waals surface area contributed by atoms with Gasteiger partial charge in [-0.3, -0.25) is 19.4 Å². The van der Waals surface area contributed by atoms with E-state index in [0.29, 0.717) is 31.9 Å². The fourth-order valence-corrected chi connectivity index (χ4v) is 3.97. The van der Waals surface area contributed by atoms with E-state index < -0.39 is 0 Å². The Balaban J connectivity index is 1.56. The minimum Gasteiger partial charge on any atom is -0.338 e. The van der Waals surface area contributed by atoms with Crippen molar-refractivity contribution in [3.05, 3.63) is 66.0 Å². The van der Waals surface area contributed by atoms with Crippen LogP contribution in [0.5, 0.6) is 0 Å². The van der Waals surface area contributed by atoms with E-state index in [1.165, 1.54) is 12.1 Å². The van der Waals surface area contributed by atoms with Crippen LogP contribution in [0.3, 0.4) is 0 Å². The number of benzene rings is 2. The van der Waals surface area contributed by atoms with E-state index in [4.69, 9.17) is 0 Å². The van der Waals surface area contributed by atoms with Crippen molar-refractivity contribution in [2.24, 2.45) is 0 Å². The highest BCUT2D eigenvalue weighted by Gasteiger charge is 2.32. The molecule has 1 aliphatic rings. The number of rotatable bonds is 8. The van der Waals surface area contributed by atoms with Crippen molar-refractivity contribution >= 4 is 17.5 Å². The van der Waals surface area contributed by atoms with E-state index in [0.717, 1.165) is 18.7 Å². The molecular weight excluding hydrogens is 395 g/mol. The number of nitrogens with zero attached hydrogens (tertiary/aromatic N) is 3. The highest BCUT2D eigenvalue weighted by molar-refractivity contribution is 5.92. The molecule has 0 bridgehead atoms. The van der Waals surface area contributed by atoms with E-state index in [-0.39, 0.29) is 30.2 Å². The van der Waals surface area contributed by atoms with Crippen molar-refractivity contribution in [3.63, 3.8) is 0 Å². The maximum Gasteiger partial charge on any atom is 0.244 e. The standard InChI is InChI=1S/C24H31FN4O2/c1-3-28(4-2)23(19-8-6-5-7-9-19)24(31)29-16-14-27(15-17-29)18-22(30)26-21-12-10-20(25)11-13-21/h5-13,23H,3-4,14-18H2,1-2H3,(H,26,30).